The minimum atomic E-state index is -0.257. The van der Waals surface area contributed by atoms with E-state index in [1.54, 1.807) is 14.2 Å². The van der Waals surface area contributed by atoms with E-state index in [2.05, 4.69) is 21.8 Å². The molecule has 1 rings (SSSR count). The monoisotopic (exact) mass is 227 g/mol. The third-order valence-corrected chi connectivity index (χ3v) is 2.71. The van der Waals surface area contributed by atoms with Gasteiger partial charge in [-0.1, -0.05) is 0 Å². The highest BCUT2D eigenvalue weighted by molar-refractivity contribution is 4.96. The molecule has 1 aromatic heterocycles. The van der Waals surface area contributed by atoms with Gasteiger partial charge >= 0.3 is 0 Å². The largest absolute Gasteiger partial charge is 0.354 e. The van der Waals surface area contributed by atoms with Gasteiger partial charge in [-0.05, 0) is 14.0 Å². The second-order valence-electron chi connectivity index (χ2n) is 3.57. The Hall–Kier alpha value is -0.910. The summed E-state index contributed by atoms with van der Waals surface area (Å²) in [4.78, 5) is 4.34. The third kappa shape index (κ3) is 3.04. The fourth-order valence-electron chi connectivity index (χ4n) is 1.77. The molecule has 0 fully saturated rings. The van der Waals surface area contributed by atoms with Gasteiger partial charge in [-0.15, -0.1) is 0 Å². The number of methoxy groups -OCH3 is 2. The summed E-state index contributed by atoms with van der Waals surface area (Å²) >= 11 is 0. The summed E-state index contributed by atoms with van der Waals surface area (Å²) in [5.74, 6) is 1.04. The van der Waals surface area contributed by atoms with E-state index < -0.39 is 0 Å². The van der Waals surface area contributed by atoms with E-state index in [9.17, 15) is 0 Å². The van der Waals surface area contributed by atoms with Crippen molar-refractivity contribution in [3.8, 4) is 0 Å². The first-order valence-electron chi connectivity index (χ1n) is 5.49. The number of likely N-dealkylation sites (N-methyl/N-ethyl adjacent to an activating group) is 1. The molecule has 1 N–H and O–H groups in total. The van der Waals surface area contributed by atoms with Gasteiger partial charge in [0.25, 0.3) is 0 Å². The van der Waals surface area contributed by atoms with E-state index in [4.69, 9.17) is 9.47 Å². The van der Waals surface area contributed by atoms with Crippen molar-refractivity contribution in [3.05, 3.63) is 18.2 Å². The molecule has 0 aliphatic carbocycles. The van der Waals surface area contributed by atoms with E-state index in [1.165, 1.54) is 0 Å². The predicted molar refractivity (Wildman–Crippen MR) is 62.3 cm³/mol. The van der Waals surface area contributed by atoms with Gasteiger partial charge < -0.3 is 19.4 Å². The lowest BCUT2D eigenvalue weighted by Crippen LogP contribution is -2.42. The Bertz CT molecular complexity index is 297. The van der Waals surface area contributed by atoms with E-state index >= 15 is 0 Å². The minimum absolute atomic E-state index is 0.0997. The van der Waals surface area contributed by atoms with Crippen LogP contribution in [0, 0.1) is 0 Å². The molecule has 0 aliphatic heterocycles. The first-order valence-corrected chi connectivity index (χ1v) is 5.49. The standard InChI is InChI=1S/C11H21N3O2/c1-5-14-7-6-13-10(14)8-9(12-2)11(15-3)16-4/h6-7,9,11-12H,5,8H2,1-4H3. The van der Waals surface area contributed by atoms with Crippen LogP contribution in [0.2, 0.25) is 0 Å². The van der Waals surface area contributed by atoms with Gasteiger partial charge in [-0.25, -0.2) is 4.98 Å². The molecule has 16 heavy (non-hydrogen) atoms. The van der Waals surface area contributed by atoms with Crippen molar-refractivity contribution in [2.24, 2.45) is 0 Å². The molecule has 0 bridgehead atoms. The van der Waals surface area contributed by atoms with Gasteiger partial charge in [0, 0.05) is 39.6 Å². The normalized spacial score (nSPS) is 13.3. The Labute approximate surface area is 96.8 Å². The molecule has 0 aromatic carbocycles. The Morgan fingerprint density at radius 2 is 2.12 bits per heavy atom. The predicted octanol–water partition coefficient (Wildman–Crippen LogP) is 0.652. The molecule has 92 valence electrons. The zero-order valence-electron chi connectivity index (χ0n) is 10.4. The van der Waals surface area contributed by atoms with Crippen molar-refractivity contribution in [1.29, 1.82) is 0 Å². The number of imidazole rings is 1. The van der Waals surface area contributed by atoms with Crippen LogP contribution in [0.5, 0.6) is 0 Å². The molecule has 0 aliphatic rings. The molecule has 1 unspecified atom stereocenters. The van der Waals surface area contributed by atoms with Gasteiger partial charge in [0.2, 0.25) is 0 Å². The van der Waals surface area contributed by atoms with E-state index in [0.717, 1.165) is 18.8 Å². The molecular formula is C11H21N3O2. The van der Waals surface area contributed by atoms with E-state index in [-0.39, 0.29) is 12.3 Å². The molecule has 1 atom stereocenters. The number of nitrogens with zero attached hydrogens (tertiary/aromatic N) is 2. The van der Waals surface area contributed by atoms with Gasteiger partial charge in [0.15, 0.2) is 6.29 Å². The molecule has 5 nitrogen and oxygen atoms in total. The van der Waals surface area contributed by atoms with Crippen molar-refractivity contribution in [2.75, 3.05) is 21.3 Å². The minimum Gasteiger partial charge on any atom is -0.354 e. The van der Waals surface area contributed by atoms with Gasteiger partial charge in [0.05, 0.1) is 6.04 Å². The Morgan fingerprint density at radius 3 is 2.62 bits per heavy atom. The average molecular weight is 227 g/mol. The van der Waals surface area contributed by atoms with Crippen LogP contribution in [-0.4, -0.2) is 43.2 Å². The molecular weight excluding hydrogens is 206 g/mol. The molecule has 1 heterocycles. The number of aryl methyl sites for hydroxylation is 1. The summed E-state index contributed by atoms with van der Waals surface area (Å²) in [6.07, 6.45) is 4.33. The molecule has 0 spiro atoms. The molecule has 0 amide bonds. The lowest BCUT2D eigenvalue weighted by Gasteiger charge is -2.24. The molecule has 0 saturated heterocycles. The maximum absolute atomic E-state index is 5.25. The number of rotatable bonds is 7. The van der Waals surface area contributed by atoms with Crippen LogP contribution in [0.15, 0.2) is 12.4 Å². The Morgan fingerprint density at radius 1 is 1.44 bits per heavy atom. The number of aromatic nitrogens is 2. The van der Waals surface area contributed by atoms with Crippen molar-refractivity contribution < 1.29 is 9.47 Å². The lowest BCUT2D eigenvalue weighted by molar-refractivity contribution is -0.121. The molecule has 0 saturated carbocycles. The summed E-state index contributed by atoms with van der Waals surface area (Å²) in [5.41, 5.74) is 0. The number of ether oxygens (including phenoxy) is 2. The van der Waals surface area contributed by atoms with Crippen LogP contribution >= 0.6 is 0 Å². The van der Waals surface area contributed by atoms with Crippen LogP contribution in [0.3, 0.4) is 0 Å². The first kappa shape index (κ1) is 13.2. The van der Waals surface area contributed by atoms with Gasteiger partial charge in [0.1, 0.15) is 5.82 Å². The fourth-order valence-corrected chi connectivity index (χ4v) is 1.77. The van der Waals surface area contributed by atoms with Crippen LogP contribution in [-0.2, 0) is 22.4 Å². The summed E-state index contributed by atoms with van der Waals surface area (Å²) < 4.78 is 12.6. The van der Waals surface area contributed by atoms with Crippen LogP contribution in [0.4, 0.5) is 0 Å². The van der Waals surface area contributed by atoms with Crippen molar-refractivity contribution >= 4 is 0 Å². The van der Waals surface area contributed by atoms with Crippen LogP contribution < -0.4 is 5.32 Å². The molecule has 0 radical (unpaired) electrons. The second-order valence-corrected chi connectivity index (χ2v) is 3.57. The SMILES string of the molecule is CCn1ccnc1CC(NC)C(OC)OC. The topological polar surface area (TPSA) is 48.3 Å². The fraction of sp³-hybridized carbons (Fsp3) is 0.727. The number of hydrogen-bond donors (Lipinski definition) is 1. The maximum Gasteiger partial charge on any atom is 0.172 e. The van der Waals surface area contributed by atoms with Crippen molar-refractivity contribution in [2.45, 2.75) is 32.2 Å². The maximum atomic E-state index is 5.25. The second kappa shape index (κ2) is 6.62. The van der Waals surface area contributed by atoms with E-state index in [0.29, 0.717) is 0 Å². The zero-order valence-corrected chi connectivity index (χ0v) is 10.4. The summed E-state index contributed by atoms with van der Waals surface area (Å²) in [7, 11) is 5.19. The van der Waals surface area contributed by atoms with Crippen LogP contribution in [0.25, 0.3) is 0 Å². The zero-order chi connectivity index (χ0) is 12.0. The summed E-state index contributed by atoms with van der Waals surface area (Å²) in [5, 5.41) is 3.19. The van der Waals surface area contributed by atoms with Crippen molar-refractivity contribution in [1.82, 2.24) is 14.9 Å². The smallest absolute Gasteiger partial charge is 0.172 e. The number of nitrogens with one attached hydrogen (secondary N) is 1. The van der Waals surface area contributed by atoms with Crippen LogP contribution in [0.1, 0.15) is 12.7 Å². The highest BCUT2D eigenvalue weighted by Crippen LogP contribution is 2.07. The number of hydrogen-bond acceptors (Lipinski definition) is 4. The van der Waals surface area contributed by atoms with Crippen molar-refractivity contribution in [3.63, 3.8) is 0 Å². The average Bonchev–Trinajstić information content (AvgIpc) is 2.76. The van der Waals surface area contributed by atoms with E-state index in [1.807, 2.05) is 19.4 Å². The lowest BCUT2D eigenvalue weighted by atomic mass is 10.2. The quantitative estimate of drug-likeness (QED) is 0.695. The summed E-state index contributed by atoms with van der Waals surface area (Å²) in [6, 6.07) is 0.0997. The Balaban J connectivity index is 2.69. The molecule has 5 heteroatoms. The Kier molecular flexibility index (Phi) is 5.45. The highest BCUT2D eigenvalue weighted by Gasteiger charge is 2.21. The third-order valence-electron chi connectivity index (χ3n) is 2.71. The first-order chi connectivity index (χ1) is 7.76. The van der Waals surface area contributed by atoms with Gasteiger partial charge in [-0.3, -0.25) is 0 Å². The highest BCUT2D eigenvalue weighted by atomic mass is 16.7. The molecule has 1 aromatic rings. The summed E-state index contributed by atoms with van der Waals surface area (Å²) in [6.45, 7) is 3.03. The van der Waals surface area contributed by atoms with Gasteiger partial charge in [-0.2, -0.15) is 0 Å².